The normalized spacial score (nSPS) is 10.1. The van der Waals surface area contributed by atoms with E-state index in [4.69, 9.17) is 10.00 Å². The number of ether oxygens (including phenoxy) is 1. The van der Waals surface area contributed by atoms with Gasteiger partial charge in [0.25, 0.3) is 0 Å². The lowest BCUT2D eigenvalue weighted by Gasteiger charge is -2.12. The average Bonchev–Trinajstić information content (AvgIpc) is 2.71. The maximum atomic E-state index is 11.4. The summed E-state index contributed by atoms with van der Waals surface area (Å²) in [5, 5.41) is 23.1. The van der Waals surface area contributed by atoms with Gasteiger partial charge in [-0.3, -0.25) is 14.9 Å². The number of pyridine rings is 1. The summed E-state index contributed by atoms with van der Waals surface area (Å²) >= 11 is 6.66. The van der Waals surface area contributed by atoms with Crippen molar-refractivity contribution in [1.29, 1.82) is 5.26 Å². The molecule has 144 valence electrons. The minimum Gasteiger partial charge on any atom is -0.437 e. The first-order chi connectivity index (χ1) is 13.9. The number of benzene rings is 2. The molecule has 0 amide bonds. The summed E-state index contributed by atoms with van der Waals surface area (Å²) < 4.78 is 6.78. The summed E-state index contributed by atoms with van der Waals surface area (Å²) in [4.78, 5) is 25.9. The number of carbonyl (C=O) groups excluding carboxylic acids is 1. The van der Waals surface area contributed by atoms with E-state index in [2.05, 4.69) is 42.2 Å². The van der Waals surface area contributed by atoms with E-state index in [1.54, 1.807) is 36.4 Å². The average molecular weight is 518 g/mol. The number of halogens is 2. The second-order valence-electron chi connectivity index (χ2n) is 5.62. The number of hydrogen-bond donors (Lipinski definition) is 1. The highest BCUT2D eigenvalue weighted by Gasteiger charge is 2.18. The van der Waals surface area contributed by atoms with Crippen LogP contribution in [0, 0.1) is 21.4 Å². The van der Waals surface area contributed by atoms with E-state index in [-0.39, 0.29) is 17.4 Å². The van der Waals surface area contributed by atoms with Crippen LogP contribution in [0.25, 0.3) is 0 Å². The number of hydrogen-bond acceptors (Lipinski definition) is 7. The number of nitro groups is 1. The molecule has 0 saturated heterocycles. The Kier molecular flexibility index (Phi) is 6.21. The standard InChI is InChI=1S/C19H10Br2N4O4/c20-14-7-12(10-26)8-15(21)18(14)29-17-6-5-16(25(27)28)19(24-17)23-13-3-1-11(9-22)2-4-13/h1-8,10H,(H,23,24). The third-order valence-corrected chi connectivity index (χ3v) is 4.86. The summed E-state index contributed by atoms with van der Waals surface area (Å²) in [6.45, 7) is 0. The molecule has 3 rings (SSSR count). The Morgan fingerprint density at radius 1 is 1.14 bits per heavy atom. The van der Waals surface area contributed by atoms with Gasteiger partial charge in [0, 0.05) is 23.4 Å². The van der Waals surface area contributed by atoms with Gasteiger partial charge in [-0.25, -0.2) is 0 Å². The van der Waals surface area contributed by atoms with Crippen molar-refractivity contribution in [3.05, 3.63) is 78.7 Å². The van der Waals surface area contributed by atoms with Crippen molar-refractivity contribution >= 4 is 55.3 Å². The highest BCUT2D eigenvalue weighted by molar-refractivity contribution is 9.11. The second kappa shape index (κ2) is 8.81. The van der Waals surface area contributed by atoms with Crippen molar-refractivity contribution < 1.29 is 14.5 Å². The Hall–Kier alpha value is -3.29. The van der Waals surface area contributed by atoms with Crippen LogP contribution in [0.2, 0.25) is 0 Å². The van der Waals surface area contributed by atoms with Gasteiger partial charge in [0.05, 0.1) is 25.5 Å². The van der Waals surface area contributed by atoms with Gasteiger partial charge in [0.2, 0.25) is 11.7 Å². The summed E-state index contributed by atoms with van der Waals surface area (Å²) in [5.41, 5.74) is 1.19. The molecule has 1 N–H and O–H groups in total. The number of aldehydes is 1. The lowest BCUT2D eigenvalue weighted by atomic mass is 10.2. The van der Waals surface area contributed by atoms with E-state index >= 15 is 0 Å². The van der Waals surface area contributed by atoms with Gasteiger partial charge in [-0.1, -0.05) is 0 Å². The van der Waals surface area contributed by atoms with Crippen molar-refractivity contribution in [3.63, 3.8) is 0 Å². The van der Waals surface area contributed by atoms with E-state index < -0.39 is 4.92 Å². The molecule has 3 aromatic rings. The molecule has 1 aromatic heterocycles. The molecule has 29 heavy (non-hydrogen) atoms. The Morgan fingerprint density at radius 3 is 2.34 bits per heavy atom. The molecule has 0 aliphatic rings. The quantitative estimate of drug-likeness (QED) is 0.251. The molecule has 0 radical (unpaired) electrons. The molecular weight excluding hydrogens is 508 g/mol. The fourth-order valence-corrected chi connectivity index (χ4v) is 3.73. The summed E-state index contributed by atoms with van der Waals surface area (Å²) in [6, 6.07) is 14.2. The lowest BCUT2D eigenvalue weighted by Crippen LogP contribution is -2.01. The molecule has 0 unspecified atom stereocenters. The van der Waals surface area contributed by atoms with Crippen molar-refractivity contribution in [3.8, 4) is 17.7 Å². The number of nitriles is 1. The maximum absolute atomic E-state index is 11.4. The third-order valence-electron chi connectivity index (χ3n) is 3.69. The Bertz CT molecular complexity index is 1120. The first-order valence-corrected chi connectivity index (χ1v) is 9.54. The summed E-state index contributed by atoms with van der Waals surface area (Å²) in [6.07, 6.45) is 0.697. The highest BCUT2D eigenvalue weighted by atomic mass is 79.9. The van der Waals surface area contributed by atoms with Crippen LogP contribution in [0.15, 0.2) is 57.5 Å². The van der Waals surface area contributed by atoms with E-state index in [0.717, 1.165) is 0 Å². The zero-order valence-electron chi connectivity index (χ0n) is 14.4. The van der Waals surface area contributed by atoms with Gasteiger partial charge in [-0.15, -0.1) is 0 Å². The predicted octanol–water partition coefficient (Wildman–Crippen LogP) is 5.73. The molecule has 0 aliphatic carbocycles. The SMILES string of the molecule is N#Cc1ccc(Nc2nc(Oc3c(Br)cc(C=O)cc3Br)ccc2[N+](=O)[O-])cc1. The minimum atomic E-state index is -0.562. The highest BCUT2D eigenvalue weighted by Crippen LogP contribution is 2.38. The van der Waals surface area contributed by atoms with Gasteiger partial charge >= 0.3 is 5.69 Å². The molecule has 10 heteroatoms. The number of anilines is 2. The monoisotopic (exact) mass is 516 g/mol. The zero-order chi connectivity index (χ0) is 21.0. The van der Waals surface area contributed by atoms with Crippen LogP contribution in [0.4, 0.5) is 17.2 Å². The number of nitrogens with one attached hydrogen (secondary N) is 1. The number of aromatic nitrogens is 1. The largest absolute Gasteiger partial charge is 0.437 e. The molecule has 1 heterocycles. The first kappa shape index (κ1) is 20.4. The smallest absolute Gasteiger partial charge is 0.311 e. The molecule has 2 aromatic carbocycles. The van der Waals surface area contributed by atoms with E-state index in [9.17, 15) is 14.9 Å². The molecule has 8 nitrogen and oxygen atoms in total. The molecule has 0 spiro atoms. The maximum Gasteiger partial charge on any atom is 0.311 e. The fraction of sp³-hybridized carbons (Fsp3) is 0. The Balaban J connectivity index is 1.95. The molecule has 0 aliphatic heterocycles. The van der Waals surface area contributed by atoms with Crippen molar-refractivity contribution in [2.45, 2.75) is 0 Å². The van der Waals surface area contributed by atoms with Gasteiger partial charge in [-0.2, -0.15) is 10.2 Å². The number of nitrogens with zero attached hydrogens (tertiary/aromatic N) is 3. The molecule has 0 bridgehead atoms. The molecule has 0 fully saturated rings. The van der Waals surface area contributed by atoms with Crippen molar-refractivity contribution in [2.75, 3.05) is 5.32 Å². The molecular formula is C19H10Br2N4O4. The topological polar surface area (TPSA) is 118 Å². The van der Waals surface area contributed by atoms with Crippen molar-refractivity contribution in [1.82, 2.24) is 4.98 Å². The molecule has 0 saturated carbocycles. The fourth-order valence-electron chi connectivity index (χ4n) is 2.34. The van der Waals surface area contributed by atoms with Gasteiger partial charge in [-0.05, 0) is 68.3 Å². The van der Waals surface area contributed by atoms with Crippen LogP contribution in [0.5, 0.6) is 11.6 Å². The second-order valence-corrected chi connectivity index (χ2v) is 7.33. The van der Waals surface area contributed by atoms with E-state index in [1.165, 1.54) is 12.1 Å². The van der Waals surface area contributed by atoms with Gasteiger partial charge < -0.3 is 10.1 Å². The number of rotatable bonds is 6. The van der Waals surface area contributed by atoms with Crippen LogP contribution < -0.4 is 10.1 Å². The van der Waals surface area contributed by atoms with Gasteiger partial charge in [0.1, 0.15) is 6.29 Å². The van der Waals surface area contributed by atoms with Crippen LogP contribution in [-0.2, 0) is 0 Å². The van der Waals surface area contributed by atoms with Crippen LogP contribution >= 0.6 is 31.9 Å². The predicted molar refractivity (Wildman–Crippen MR) is 113 cm³/mol. The van der Waals surface area contributed by atoms with Crippen LogP contribution in [0.1, 0.15) is 15.9 Å². The Morgan fingerprint density at radius 2 is 1.79 bits per heavy atom. The van der Waals surface area contributed by atoms with Crippen LogP contribution in [0.3, 0.4) is 0 Å². The van der Waals surface area contributed by atoms with E-state index in [1.807, 2.05) is 6.07 Å². The summed E-state index contributed by atoms with van der Waals surface area (Å²) in [7, 11) is 0. The van der Waals surface area contributed by atoms with Crippen molar-refractivity contribution in [2.24, 2.45) is 0 Å². The minimum absolute atomic E-state index is 0.0195. The first-order valence-electron chi connectivity index (χ1n) is 7.96. The third kappa shape index (κ3) is 4.77. The lowest BCUT2D eigenvalue weighted by molar-refractivity contribution is -0.384. The van der Waals surface area contributed by atoms with Crippen LogP contribution in [-0.4, -0.2) is 16.2 Å². The van der Waals surface area contributed by atoms with E-state index in [0.29, 0.717) is 37.8 Å². The summed E-state index contributed by atoms with van der Waals surface area (Å²) in [5.74, 6) is 0.447. The number of carbonyl (C=O) groups is 1. The zero-order valence-corrected chi connectivity index (χ0v) is 17.6. The Labute approximate surface area is 181 Å². The molecule has 0 atom stereocenters. The van der Waals surface area contributed by atoms with Gasteiger partial charge in [0.15, 0.2) is 5.75 Å².